The molecule has 8 heteroatoms. The third-order valence-electron chi connectivity index (χ3n) is 6.04. The van der Waals surface area contributed by atoms with Crippen LogP contribution in [0.5, 0.6) is 0 Å². The van der Waals surface area contributed by atoms with Gasteiger partial charge in [0, 0.05) is 37.8 Å². The number of hydrogen-bond donors (Lipinski definition) is 0. The zero-order valence-corrected chi connectivity index (χ0v) is 15.8. The zero-order chi connectivity index (χ0) is 19.3. The van der Waals surface area contributed by atoms with E-state index in [0.717, 1.165) is 24.1 Å². The molecule has 0 saturated carbocycles. The van der Waals surface area contributed by atoms with E-state index < -0.39 is 0 Å². The van der Waals surface area contributed by atoms with Crippen LogP contribution in [0.25, 0.3) is 0 Å². The minimum absolute atomic E-state index is 0.0285. The van der Waals surface area contributed by atoms with Gasteiger partial charge >= 0.3 is 0 Å². The molecule has 1 spiro atoms. The normalized spacial score (nSPS) is 24.2. The monoisotopic (exact) mass is 382 g/mol. The predicted octanol–water partition coefficient (Wildman–Crippen LogP) is 1.82. The van der Waals surface area contributed by atoms with E-state index in [1.807, 2.05) is 4.90 Å². The van der Waals surface area contributed by atoms with Gasteiger partial charge in [0.1, 0.15) is 5.76 Å². The number of carbonyl (C=O) groups is 2. The van der Waals surface area contributed by atoms with Gasteiger partial charge in [0.25, 0.3) is 5.91 Å². The van der Waals surface area contributed by atoms with Crippen molar-refractivity contribution in [3.63, 3.8) is 0 Å². The van der Waals surface area contributed by atoms with Gasteiger partial charge in [0.2, 0.25) is 11.9 Å². The van der Waals surface area contributed by atoms with Crippen molar-refractivity contribution in [3.05, 3.63) is 41.1 Å². The lowest BCUT2D eigenvalue weighted by Gasteiger charge is -2.34. The molecule has 28 heavy (non-hydrogen) atoms. The highest BCUT2D eigenvalue weighted by molar-refractivity contribution is 5.95. The number of rotatable bonds is 2. The highest BCUT2D eigenvalue weighted by atomic mass is 16.5. The minimum Gasteiger partial charge on any atom is -0.469 e. The molecule has 3 aliphatic rings. The van der Waals surface area contributed by atoms with Gasteiger partial charge in [-0.05, 0) is 25.8 Å². The van der Waals surface area contributed by atoms with Gasteiger partial charge in [-0.2, -0.15) is 0 Å². The Morgan fingerprint density at radius 1 is 1.32 bits per heavy atom. The third kappa shape index (κ3) is 2.63. The van der Waals surface area contributed by atoms with Crippen LogP contribution in [-0.2, 0) is 21.6 Å². The smallest absolute Gasteiger partial charge is 0.257 e. The minimum atomic E-state index is -0.360. The molecule has 2 fully saturated rings. The zero-order valence-electron chi connectivity index (χ0n) is 15.8. The first kappa shape index (κ1) is 17.4. The van der Waals surface area contributed by atoms with E-state index in [4.69, 9.17) is 14.1 Å². The van der Waals surface area contributed by atoms with E-state index in [1.165, 1.54) is 0 Å². The Bertz CT molecular complexity index is 955. The number of ether oxygens (including phenoxy) is 1. The van der Waals surface area contributed by atoms with Gasteiger partial charge in [-0.3, -0.25) is 14.5 Å². The van der Waals surface area contributed by atoms with E-state index in [9.17, 15) is 9.59 Å². The molecule has 2 aromatic rings. The van der Waals surface area contributed by atoms with E-state index in [2.05, 4.69) is 4.98 Å². The van der Waals surface area contributed by atoms with Crippen LogP contribution in [0, 0.1) is 6.92 Å². The third-order valence-corrected chi connectivity index (χ3v) is 6.04. The van der Waals surface area contributed by atoms with Crippen molar-refractivity contribution in [2.24, 2.45) is 0 Å². The summed E-state index contributed by atoms with van der Waals surface area (Å²) in [6.45, 7) is 4.59. The number of furan rings is 1. The molecule has 0 radical (unpaired) electrons. The quantitative estimate of drug-likeness (QED) is 0.787. The van der Waals surface area contributed by atoms with Gasteiger partial charge in [0.05, 0.1) is 36.1 Å². The van der Waals surface area contributed by atoms with Crippen molar-refractivity contribution in [1.82, 2.24) is 14.9 Å². The number of anilines is 1. The Labute approximate surface area is 162 Å². The molecule has 3 aliphatic heterocycles. The molecule has 0 bridgehead atoms. The number of fused-ring (bicyclic) bond motifs is 2. The average molecular weight is 382 g/mol. The van der Waals surface area contributed by atoms with Crippen LogP contribution in [0.1, 0.15) is 46.6 Å². The van der Waals surface area contributed by atoms with E-state index in [1.54, 1.807) is 30.4 Å². The summed E-state index contributed by atoms with van der Waals surface area (Å²) in [5, 5.41) is 0. The maximum atomic E-state index is 12.9. The number of nitrogens with zero attached hydrogens (tertiary/aromatic N) is 4. The van der Waals surface area contributed by atoms with Gasteiger partial charge in [-0.25, -0.2) is 9.97 Å². The maximum Gasteiger partial charge on any atom is 0.257 e. The molecule has 0 aromatic carbocycles. The van der Waals surface area contributed by atoms with Gasteiger partial charge in [-0.1, -0.05) is 0 Å². The Kier molecular flexibility index (Phi) is 3.97. The summed E-state index contributed by atoms with van der Waals surface area (Å²) in [4.78, 5) is 37.8. The van der Waals surface area contributed by atoms with Crippen LogP contribution in [0.15, 0.2) is 22.9 Å². The number of aryl methyl sites for hydroxylation is 1. The fraction of sp³-hybridized carbons (Fsp3) is 0.500. The summed E-state index contributed by atoms with van der Waals surface area (Å²) in [5.74, 6) is 1.14. The first-order chi connectivity index (χ1) is 13.6. The summed E-state index contributed by atoms with van der Waals surface area (Å²) in [6, 6.07) is 1.72. The number of carbonyl (C=O) groups excluding carboxylic acids is 2. The summed E-state index contributed by atoms with van der Waals surface area (Å²) >= 11 is 0. The van der Waals surface area contributed by atoms with Gasteiger partial charge in [-0.15, -0.1) is 0 Å². The van der Waals surface area contributed by atoms with E-state index in [-0.39, 0.29) is 17.2 Å². The molecule has 8 nitrogen and oxygen atoms in total. The van der Waals surface area contributed by atoms with Crippen molar-refractivity contribution >= 4 is 17.8 Å². The number of hydrogen-bond acceptors (Lipinski definition) is 6. The first-order valence-electron chi connectivity index (χ1n) is 9.65. The predicted molar refractivity (Wildman–Crippen MR) is 98.9 cm³/mol. The lowest BCUT2D eigenvalue weighted by atomic mass is 9.80. The molecular weight excluding hydrogens is 360 g/mol. The summed E-state index contributed by atoms with van der Waals surface area (Å²) < 4.78 is 11.1. The molecule has 1 atom stereocenters. The Balaban J connectivity index is 1.46. The summed E-state index contributed by atoms with van der Waals surface area (Å²) in [6.07, 6.45) is 5.46. The van der Waals surface area contributed by atoms with Crippen LogP contribution >= 0.6 is 0 Å². The molecule has 5 heterocycles. The second-order valence-electron chi connectivity index (χ2n) is 7.83. The second-order valence-corrected chi connectivity index (χ2v) is 7.83. The highest BCUT2D eigenvalue weighted by Gasteiger charge is 2.47. The van der Waals surface area contributed by atoms with Crippen LogP contribution in [0.2, 0.25) is 0 Å². The Hall–Kier alpha value is -2.74. The van der Waals surface area contributed by atoms with Crippen molar-refractivity contribution < 1.29 is 18.7 Å². The van der Waals surface area contributed by atoms with Crippen molar-refractivity contribution in [2.45, 2.75) is 38.2 Å². The number of aromatic nitrogens is 2. The molecular formula is C20H22N4O4. The molecule has 0 N–H and O–H groups in total. The fourth-order valence-corrected chi connectivity index (χ4v) is 4.51. The van der Waals surface area contributed by atoms with Crippen LogP contribution in [0.4, 0.5) is 5.95 Å². The Morgan fingerprint density at radius 3 is 2.96 bits per heavy atom. The summed E-state index contributed by atoms with van der Waals surface area (Å²) in [7, 11) is 0. The molecule has 146 valence electrons. The molecule has 0 aliphatic carbocycles. The average Bonchev–Trinajstić information content (AvgIpc) is 3.42. The van der Waals surface area contributed by atoms with Crippen molar-refractivity contribution in [2.75, 3.05) is 31.1 Å². The number of amides is 2. The molecule has 2 amide bonds. The van der Waals surface area contributed by atoms with E-state index in [0.29, 0.717) is 56.5 Å². The molecule has 2 saturated heterocycles. The van der Waals surface area contributed by atoms with Crippen LogP contribution in [-0.4, -0.2) is 52.9 Å². The largest absolute Gasteiger partial charge is 0.469 e. The standard InChI is InChI=1S/C20H22N4O4/c1-13-15(4-8-28-13)18(26)23-7-5-20(11-23)12-27-10-14-9-21-19(22-17(14)20)24-6-2-3-16(24)25/h4,8-9H,2-3,5-7,10-12H2,1H3/t20-/m1/s1. The molecule has 5 rings (SSSR count). The Morgan fingerprint density at radius 2 is 2.21 bits per heavy atom. The van der Waals surface area contributed by atoms with Crippen LogP contribution < -0.4 is 4.90 Å². The topological polar surface area (TPSA) is 88.8 Å². The maximum absolute atomic E-state index is 12.9. The van der Waals surface area contributed by atoms with Crippen molar-refractivity contribution in [1.29, 1.82) is 0 Å². The van der Waals surface area contributed by atoms with Crippen LogP contribution in [0.3, 0.4) is 0 Å². The lowest BCUT2D eigenvalue weighted by molar-refractivity contribution is -0.117. The lowest BCUT2D eigenvalue weighted by Crippen LogP contribution is -2.42. The highest BCUT2D eigenvalue weighted by Crippen LogP contribution is 2.40. The summed E-state index contributed by atoms with van der Waals surface area (Å²) in [5.41, 5.74) is 2.10. The first-order valence-corrected chi connectivity index (χ1v) is 9.65. The fourth-order valence-electron chi connectivity index (χ4n) is 4.51. The van der Waals surface area contributed by atoms with Gasteiger partial charge < -0.3 is 14.1 Å². The molecule has 0 unspecified atom stereocenters. The molecule has 2 aromatic heterocycles. The van der Waals surface area contributed by atoms with Gasteiger partial charge in [0.15, 0.2) is 0 Å². The second kappa shape index (κ2) is 6.41. The number of likely N-dealkylation sites (tertiary alicyclic amines) is 1. The SMILES string of the molecule is Cc1occc1C(=O)N1CC[C@]2(COCc3cnc(N4CCCC4=O)nc32)C1. The van der Waals surface area contributed by atoms with E-state index >= 15 is 0 Å². The van der Waals surface area contributed by atoms with Crippen molar-refractivity contribution in [3.8, 4) is 0 Å².